The summed E-state index contributed by atoms with van der Waals surface area (Å²) in [5.41, 5.74) is 5.65. The fraction of sp³-hybridized carbons (Fsp3) is 0.467. The predicted molar refractivity (Wildman–Crippen MR) is 92.1 cm³/mol. The first-order valence-corrected chi connectivity index (χ1v) is 9.71. The average molecular weight is 374 g/mol. The molecule has 0 atom stereocenters. The summed E-state index contributed by atoms with van der Waals surface area (Å²) >= 11 is 5.82. The van der Waals surface area contributed by atoms with E-state index in [9.17, 15) is 18.0 Å². The summed E-state index contributed by atoms with van der Waals surface area (Å²) in [6.07, 6.45) is 2.05. The van der Waals surface area contributed by atoms with E-state index in [-0.39, 0.29) is 24.3 Å². The third-order valence-electron chi connectivity index (χ3n) is 4.04. The topological polar surface area (TPSA) is 101 Å². The largest absolute Gasteiger partial charge is 0.369 e. The maximum absolute atomic E-state index is 12.4. The van der Waals surface area contributed by atoms with E-state index in [1.807, 2.05) is 0 Å². The van der Waals surface area contributed by atoms with Gasteiger partial charge in [-0.05, 0) is 37.1 Å². The molecule has 0 bridgehead atoms. The molecule has 0 aliphatic carbocycles. The van der Waals surface area contributed by atoms with Gasteiger partial charge in [0.2, 0.25) is 21.8 Å². The van der Waals surface area contributed by atoms with Gasteiger partial charge in [0.25, 0.3) is 0 Å². The summed E-state index contributed by atoms with van der Waals surface area (Å²) < 4.78 is 25.1. The number of rotatable bonds is 5. The molecule has 1 heterocycles. The van der Waals surface area contributed by atoms with Crippen molar-refractivity contribution < 1.29 is 18.0 Å². The van der Waals surface area contributed by atoms with E-state index >= 15 is 0 Å². The number of halogens is 1. The van der Waals surface area contributed by atoms with Crippen molar-refractivity contribution in [3.8, 4) is 0 Å². The van der Waals surface area contributed by atoms with Crippen LogP contribution in [0.25, 0.3) is 0 Å². The molecule has 0 saturated carbocycles. The molecule has 1 saturated heterocycles. The molecule has 2 rings (SSSR count). The number of nitrogens with zero attached hydrogens (tertiary/aromatic N) is 2. The second-order valence-corrected chi connectivity index (χ2v) is 8.15. The number of piperidine rings is 1. The Morgan fingerprint density at radius 1 is 1.25 bits per heavy atom. The van der Waals surface area contributed by atoms with Gasteiger partial charge in [0.15, 0.2) is 0 Å². The van der Waals surface area contributed by atoms with Crippen molar-refractivity contribution in [2.75, 3.05) is 30.2 Å². The molecule has 1 aliphatic heterocycles. The Hall–Kier alpha value is -1.80. The SMILES string of the molecule is CS(=O)(=O)N(CC(=O)N1CCC(C(N)=O)CC1)c1ccc(Cl)cc1. The van der Waals surface area contributed by atoms with Gasteiger partial charge in [0.1, 0.15) is 6.54 Å². The second kappa shape index (κ2) is 7.40. The number of anilines is 1. The van der Waals surface area contributed by atoms with Gasteiger partial charge < -0.3 is 10.6 Å². The van der Waals surface area contributed by atoms with Crippen LogP contribution in [0.1, 0.15) is 12.8 Å². The van der Waals surface area contributed by atoms with Crippen molar-refractivity contribution in [1.82, 2.24) is 4.90 Å². The monoisotopic (exact) mass is 373 g/mol. The number of nitrogens with two attached hydrogens (primary N) is 1. The van der Waals surface area contributed by atoms with E-state index in [0.29, 0.717) is 36.6 Å². The van der Waals surface area contributed by atoms with Gasteiger partial charge in [-0.25, -0.2) is 8.42 Å². The first-order valence-electron chi connectivity index (χ1n) is 7.49. The number of likely N-dealkylation sites (tertiary alicyclic amines) is 1. The highest BCUT2D eigenvalue weighted by Crippen LogP contribution is 2.22. The van der Waals surface area contributed by atoms with E-state index in [4.69, 9.17) is 17.3 Å². The molecule has 0 aromatic heterocycles. The van der Waals surface area contributed by atoms with Gasteiger partial charge >= 0.3 is 0 Å². The summed E-state index contributed by atoms with van der Waals surface area (Å²) in [4.78, 5) is 25.2. The van der Waals surface area contributed by atoms with Crippen molar-refractivity contribution in [3.63, 3.8) is 0 Å². The van der Waals surface area contributed by atoms with Crippen LogP contribution < -0.4 is 10.0 Å². The number of carbonyl (C=O) groups is 2. The highest BCUT2D eigenvalue weighted by Gasteiger charge is 2.28. The van der Waals surface area contributed by atoms with Crippen LogP contribution in [0, 0.1) is 5.92 Å². The fourth-order valence-corrected chi connectivity index (χ4v) is 3.62. The number of hydrogen-bond donors (Lipinski definition) is 1. The van der Waals surface area contributed by atoms with Crippen molar-refractivity contribution in [2.45, 2.75) is 12.8 Å². The summed E-state index contributed by atoms with van der Waals surface area (Å²) in [5.74, 6) is -0.893. The molecule has 0 spiro atoms. The number of amides is 2. The number of benzene rings is 1. The molecule has 1 aromatic rings. The smallest absolute Gasteiger partial charge is 0.243 e. The lowest BCUT2D eigenvalue weighted by Crippen LogP contribution is -2.47. The van der Waals surface area contributed by atoms with Crippen LogP contribution >= 0.6 is 11.6 Å². The van der Waals surface area contributed by atoms with Crippen LogP contribution in [-0.2, 0) is 19.6 Å². The van der Waals surface area contributed by atoms with Gasteiger partial charge in [-0.15, -0.1) is 0 Å². The van der Waals surface area contributed by atoms with Crippen molar-refractivity contribution in [1.29, 1.82) is 0 Å². The molecule has 2 N–H and O–H groups in total. The van der Waals surface area contributed by atoms with Gasteiger partial charge in [0.05, 0.1) is 11.9 Å². The van der Waals surface area contributed by atoms with E-state index in [1.165, 1.54) is 0 Å². The average Bonchev–Trinajstić information content (AvgIpc) is 2.52. The molecule has 24 heavy (non-hydrogen) atoms. The lowest BCUT2D eigenvalue weighted by atomic mass is 9.96. The molecule has 0 radical (unpaired) electrons. The van der Waals surface area contributed by atoms with Crippen LogP contribution in [0.3, 0.4) is 0 Å². The van der Waals surface area contributed by atoms with Crippen LogP contribution in [0.2, 0.25) is 5.02 Å². The van der Waals surface area contributed by atoms with E-state index in [0.717, 1.165) is 10.6 Å². The number of hydrogen-bond acceptors (Lipinski definition) is 4. The molecular weight excluding hydrogens is 354 g/mol. The van der Waals surface area contributed by atoms with Crippen LogP contribution in [-0.4, -0.2) is 51.0 Å². The van der Waals surface area contributed by atoms with Crippen LogP contribution in [0.15, 0.2) is 24.3 Å². The Bertz CT molecular complexity index is 713. The Morgan fingerprint density at radius 2 is 1.79 bits per heavy atom. The Kier molecular flexibility index (Phi) is 5.71. The highest BCUT2D eigenvalue weighted by atomic mass is 35.5. The lowest BCUT2D eigenvalue weighted by Gasteiger charge is -2.32. The van der Waals surface area contributed by atoms with Crippen molar-refractivity contribution in [3.05, 3.63) is 29.3 Å². The van der Waals surface area contributed by atoms with E-state index in [2.05, 4.69) is 0 Å². The van der Waals surface area contributed by atoms with E-state index in [1.54, 1.807) is 29.2 Å². The zero-order valence-corrected chi connectivity index (χ0v) is 14.9. The third kappa shape index (κ3) is 4.61. The number of sulfonamides is 1. The maximum Gasteiger partial charge on any atom is 0.243 e. The van der Waals surface area contributed by atoms with Gasteiger partial charge in [-0.1, -0.05) is 11.6 Å². The van der Waals surface area contributed by atoms with E-state index < -0.39 is 10.0 Å². The molecule has 0 unspecified atom stereocenters. The maximum atomic E-state index is 12.4. The molecule has 9 heteroatoms. The third-order valence-corrected chi connectivity index (χ3v) is 5.44. The van der Waals surface area contributed by atoms with Crippen molar-refractivity contribution >= 4 is 39.1 Å². The number of primary amides is 1. The summed E-state index contributed by atoms with van der Waals surface area (Å²) in [7, 11) is -3.62. The Morgan fingerprint density at radius 3 is 2.25 bits per heavy atom. The molecule has 132 valence electrons. The fourth-order valence-electron chi connectivity index (χ4n) is 2.64. The van der Waals surface area contributed by atoms with Gasteiger partial charge in [-0.3, -0.25) is 13.9 Å². The molecule has 2 amide bonds. The summed E-state index contributed by atoms with van der Waals surface area (Å²) in [6, 6.07) is 6.24. The first kappa shape index (κ1) is 18.5. The molecule has 7 nitrogen and oxygen atoms in total. The standard InChI is InChI=1S/C15H20ClN3O4S/c1-24(22,23)19(13-4-2-12(16)3-5-13)10-14(20)18-8-6-11(7-9-18)15(17)21/h2-5,11H,6-10H2,1H3,(H2,17,21). The zero-order valence-electron chi connectivity index (χ0n) is 13.3. The zero-order chi connectivity index (χ0) is 17.9. The Labute approximate surface area is 146 Å². The van der Waals surface area contributed by atoms with Gasteiger partial charge in [0, 0.05) is 24.0 Å². The minimum absolute atomic E-state index is 0.226. The molecule has 1 aliphatic rings. The highest BCUT2D eigenvalue weighted by molar-refractivity contribution is 7.92. The minimum atomic E-state index is -3.62. The molecular formula is C15H20ClN3O4S. The minimum Gasteiger partial charge on any atom is -0.369 e. The normalized spacial score (nSPS) is 16.0. The lowest BCUT2D eigenvalue weighted by molar-refractivity contribution is -0.133. The van der Waals surface area contributed by atoms with Crippen LogP contribution in [0.4, 0.5) is 5.69 Å². The molecule has 1 aromatic carbocycles. The Balaban J connectivity index is 2.09. The number of carbonyl (C=O) groups excluding carboxylic acids is 2. The quantitative estimate of drug-likeness (QED) is 0.825. The summed E-state index contributed by atoms with van der Waals surface area (Å²) in [5, 5.41) is 0.479. The van der Waals surface area contributed by atoms with Crippen LogP contribution in [0.5, 0.6) is 0 Å². The predicted octanol–water partition coefficient (Wildman–Crippen LogP) is 0.830. The van der Waals surface area contributed by atoms with Crippen molar-refractivity contribution in [2.24, 2.45) is 11.7 Å². The van der Waals surface area contributed by atoms with Gasteiger partial charge in [-0.2, -0.15) is 0 Å². The molecule has 1 fully saturated rings. The second-order valence-electron chi connectivity index (χ2n) is 5.80. The summed E-state index contributed by atoms with van der Waals surface area (Å²) in [6.45, 7) is 0.497. The first-order chi connectivity index (χ1) is 11.2.